The van der Waals surface area contributed by atoms with Gasteiger partial charge in [-0.1, -0.05) is 76.8 Å². The number of nitrogens with one attached hydrogen (secondary N) is 4. The lowest BCUT2D eigenvalue weighted by Crippen LogP contribution is -2.28. The Morgan fingerprint density at radius 3 is 1.15 bits per heavy atom. The minimum absolute atomic E-state index is 0.362. The summed E-state index contributed by atoms with van der Waals surface area (Å²) in [6.07, 6.45) is 13.9. The third kappa shape index (κ3) is 5.64. The van der Waals surface area contributed by atoms with Crippen LogP contribution in [-0.4, -0.2) is 39.5 Å². The maximum atomic E-state index is 3.54. The summed E-state index contributed by atoms with van der Waals surface area (Å²) < 4.78 is 0. The fourth-order valence-corrected chi connectivity index (χ4v) is 11.2. The molecule has 4 nitrogen and oxygen atoms in total. The Morgan fingerprint density at radius 2 is 0.821 bits per heavy atom. The average molecular weight is 543 g/mol. The van der Waals surface area contributed by atoms with Crippen molar-refractivity contribution in [1.29, 1.82) is 0 Å². The van der Waals surface area contributed by atoms with Gasteiger partial charge in [-0.25, -0.2) is 0 Å². The lowest BCUT2D eigenvalue weighted by molar-refractivity contribution is 0.487. The van der Waals surface area contributed by atoms with Crippen LogP contribution in [0.5, 0.6) is 0 Å². The molecule has 0 unspecified atom stereocenters. The highest BCUT2D eigenvalue weighted by Crippen LogP contribution is 2.59. The zero-order valence-electron chi connectivity index (χ0n) is 24.4. The Morgan fingerprint density at radius 1 is 0.487 bits per heavy atom. The summed E-state index contributed by atoms with van der Waals surface area (Å²) in [6, 6.07) is 20.4. The molecule has 3 aromatic rings. The van der Waals surface area contributed by atoms with E-state index in [9.17, 15) is 0 Å². The van der Waals surface area contributed by atoms with Crippen molar-refractivity contribution in [2.45, 2.75) is 75.5 Å². The van der Waals surface area contributed by atoms with Crippen LogP contribution in [-0.2, 0) is 0 Å². The lowest BCUT2D eigenvalue weighted by atomic mass is 9.94. The summed E-state index contributed by atoms with van der Waals surface area (Å²) in [5.74, 6) is 0. The Hall–Kier alpha value is -2.71. The molecule has 39 heavy (non-hydrogen) atoms. The quantitative estimate of drug-likeness (QED) is 0.204. The van der Waals surface area contributed by atoms with Crippen molar-refractivity contribution in [3.63, 3.8) is 0 Å². The molecule has 0 amide bonds. The van der Waals surface area contributed by atoms with Crippen molar-refractivity contribution in [2.75, 3.05) is 49.5 Å². The first kappa shape index (κ1) is 27.8. The van der Waals surface area contributed by atoms with Gasteiger partial charge in [-0.2, -0.15) is 0 Å². The number of rotatable bonds is 9. The highest BCUT2D eigenvalue weighted by molar-refractivity contribution is 7.67. The highest BCUT2D eigenvalue weighted by atomic mass is 31.1. The van der Waals surface area contributed by atoms with E-state index in [0.717, 1.165) is 11.3 Å². The van der Waals surface area contributed by atoms with E-state index in [1.165, 1.54) is 109 Å². The van der Waals surface area contributed by atoms with Crippen LogP contribution in [0.4, 0.5) is 22.7 Å². The van der Waals surface area contributed by atoms with Gasteiger partial charge in [0.25, 0.3) is 0 Å². The second kappa shape index (κ2) is 13.1. The van der Waals surface area contributed by atoms with Crippen molar-refractivity contribution >= 4 is 36.0 Å². The first-order valence-corrected chi connectivity index (χ1v) is 16.6. The second-order valence-corrected chi connectivity index (χ2v) is 13.9. The van der Waals surface area contributed by atoms with Gasteiger partial charge in [-0.05, 0) is 77.7 Å². The number of benzene rings is 3. The van der Waals surface area contributed by atoms with Gasteiger partial charge >= 0.3 is 0 Å². The van der Waals surface area contributed by atoms with Crippen LogP contribution in [0, 0.1) is 0 Å². The normalized spacial score (nSPS) is 16.7. The number of hydrogen-bond donors (Lipinski definition) is 4. The Labute approximate surface area is 237 Å². The van der Waals surface area contributed by atoms with Crippen molar-refractivity contribution in [2.24, 2.45) is 0 Å². The fourth-order valence-electron chi connectivity index (χ4n) is 7.13. The van der Waals surface area contributed by atoms with Gasteiger partial charge in [-0.15, -0.1) is 0 Å². The van der Waals surface area contributed by atoms with E-state index < -0.39 is 0 Å². The number of hydrogen-bond acceptors (Lipinski definition) is 4. The largest absolute Gasteiger partial charge is 0.388 e. The van der Waals surface area contributed by atoms with Crippen LogP contribution in [0.1, 0.15) is 64.2 Å². The summed E-state index contributed by atoms with van der Waals surface area (Å²) >= 11 is 0. The molecule has 2 saturated carbocycles. The smallest absolute Gasteiger partial charge is 0.0438 e. The van der Waals surface area contributed by atoms with E-state index in [-0.39, 0.29) is 7.92 Å². The average Bonchev–Trinajstić information content (AvgIpc) is 3.01. The Kier molecular flexibility index (Phi) is 9.35. The molecule has 0 spiro atoms. The Balaban J connectivity index is 1.86. The first-order chi connectivity index (χ1) is 19.2. The molecule has 0 aromatic heterocycles. The molecule has 0 saturated heterocycles. The maximum absolute atomic E-state index is 3.54. The monoisotopic (exact) mass is 542 g/mol. The molecule has 5 rings (SSSR count). The van der Waals surface area contributed by atoms with Crippen molar-refractivity contribution < 1.29 is 0 Å². The predicted octanol–water partition coefficient (Wildman–Crippen LogP) is 8.96. The van der Waals surface area contributed by atoms with Crippen molar-refractivity contribution in [3.8, 4) is 22.3 Å². The van der Waals surface area contributed by atoms with Gasteiger partial charge < -0.3 is 21.3 Å². The molecular formula is C34H47N4P. The van der Waals surface area contributed by atoms with E-state index in [1.54, 1.807) is 5.30 Å². The Bertz CT molecular complexity index is 1110. The highest BCUT2D eigenvalue weighted by Gasteiger charge is 2.36. The molecule has 0 heterocycles. The molecule has 0 bridgehead atoms. The molecule has 0 aliphatic heterocycles. The minimum atomic E-state index is -0.362. The standard InChI is InChI=1S/C34H47N4P/c1-35-28-20-12-21-29(36-2)32(28)26-18-11-19-27(33-30(37-3)22-13-23-31(33)38-4)34(26)39(24-14-7-5-8-15-24)25-16-9-6-10-17-25/h11-13,18-25,35-38H,5-10,14-17H2,1-4H3. The van der Waals surface area contributed by atoms with Crippen LogP contribution >= 0.6 is 7.92 Å². The van der Waals surface area contributed by atoms with Gasteiger partial charge in [0.1, 0.15) is 0 Å². The molecule has 0 radical (unpaired) electrons. The van der Waals surface area contributed by atoms with Gasteiger partial charge in [0, 0.05) is 62.1 Å². The second-order valence-electron chi connectivity index (χ2n) is 11.1. The summed E-state index contributed by atoms with van der Waals surface area (Å²) in [4.78, 5) is 0. The zero-order valence-corrected chi connectivity index (χ0v) is 25.3. The van der Waals surface area contributed by atoms with E-state index in [1.807, 2.05) is 0 Å². The molecule has 208 valence electrons. The fraction of sp³-hybridized carbons (Fsp3) is 0.471. The summed E-state index contributed by atoms with van der Waals surface area (Å²) in [5.41, 5.74) is 11.8. The molecule has 4 N–H and O–H groups in total. The third-order valence-corrected chi connectivity index (χ3v) is 12.6. The van der Waals surface area contributed by atoms with Crippen LogP contribution in [0.2, 0.25) is 0 Å². The van der Waals surface area contributed by atoms with Crippen LogP contribution in [0.3, 0.4) is 0 Å². The molecule has 2 aliphatic rings. The maximum Gasteiger partial charge on any atom is 0.0438 e. The van der Waals surface area contributed by atoms with Crippen molar-refractivity contribution in [3.05, 3.63) is 54.6 Å². The van der Waals surface area contributed by atoms with E-state index in [0.29, 0.717) is 0 Å². The molecule has 5 heteroatoms. The topological polar surface area (TPSA) is 48.1 Å². The van der Waals surface area contributed by atoms with Crippen LogP contribution < -0.4 is 26.6 Å². The minimum Gasteiger partial charge on any atom is -0.388 e. The van der Waals surface area contributed by atoms with Gasteiger partial charge in [0.15, 0.2) is 0 Å². The summed E-state index contributed by atoms with van der Waals surface area (Å²) in [7, 11) is 7.87. The van der Waals surface area contributed by atoms with Gasteiger partial charge in [0.2, 0.25) is 0 Å². The SMILES string of the molecule is CNc1cccc(NC)c1-c1cccc(-c2c(NC)cccc2NC)c1P(C1CCCCC1)C1CCCCC1. The summed E-state index contributed by atoms with van der Waals surface area (Å²) in [5, 5.41) is 15.8. The van der Waals surface area contributed by atoms with Crippen LogP contribution in [0.15, 0.2) is 54.6 Å². The molecule has 0 atom stereocenters. The van der Waals surface area contributed by atoms with E-state index in [2.05, 4.69) is 104 Å². The summed E-state index contributed by atoms with van der Waals surface area (Å²) in [6.45, 7) is 0. The molecule has 3 aromatic carbocycles. The zero-order chi connectivity index (χ0) is 27.2. The third-order valence-electron chi connectivity index (χ3n) is 8.98. The molecule has 2 aliphatic carbocycles. The van der Waals surface area contributed by atoms with Crippen LogP contribution in [0.25, 0.3) is 22.3 Å². The molecular weight excluding hydrogens is 495 g/mol. The first-order valence-electron chi connectivity index (χ1n) is 15.1. The molecule has 2 fully saturated rings. The lowest BCUT2D eigenvalue weighted by Gasteiger charge is -2.41. The van der Waals surface area contributed by atoms with Gasteiger partial charge in [-0.3, -0.25) is 0 Å². The predicted molar refractivity (Wildman–Crippen MR) is 176 cm³/mol. The van der Waals surface area contributed by atoms with E-state index >= 15 is 0 Å². The van der Waals surface area contributed by atoms with Crippen molar-refractivity contribution in [1.82, 2.24) is 0 Å². The van der Waals surface area contributed by atoms with Gasteiger partial charge in [0.05, 0.1) is 0 Å². The van der Waals surface area contributed by atoms with E-state index in [4.69, 9.17) is 0 Å². The number of anilines is 4.